The Hall–Kier alpha value is -3.78. The minimum absolute atomic E-state index is 0.133. The molecule has 3 heterocycles. The predicted octanol–water partition coefficient (Wildman–Crippen LogP) is 4.37. The summed E-state index contributed by atoms with van der Waals surface area (Å²) < 4.78 is 16.9. The zero-order valence-corrected chi connectivity index (χ0v) is 17.0. The van der Waals surface area contributed by atoms with Crippen LogP contribution in [0.3, 0.4) is 0 Å². The minimum atomic E-state index is -0.312. The third-order valence-corrected chi connectivity index (χ3v) is 5.69. The van der Waals surface area contributed by atoms with Crippen LogP contribution in [-0.4, -0.2) is 24.1 Å². The van der Waals surface area contributed by atoms with E-state index in [2.05, 4.69) is 15.2 Å². The van der Waals surface area contributed by atoms with Crippen LogP contribution in [-0.2, 0) is 5.75 Å². The third kappa shape index (κ3) is 3.85. The van der Waals surface area contributed by atoms with E-state index < -0.39 is 0 Å². The van der Waals surface area contributed by atoms with Crippen LogP contribution in [0, 0.1) is 5.82 Å². The van der Waals surface area contributed by atoms with Crippen LogP contribution in [0.2, 0.25) is 0 Å². The van der Waals surface area contributed by atoms with E-state index in [0.29, 0.717) is 28.1 Å². The Morgan fingerprint density at radius 1 is 0.903 bits per heavy atom. The lowest BCUT2D eigenvalue weighted by Crippen LogP contribution is -2.14. The Bertz CT molecular complexity index is 1410. The molecule has 0 unspecified atom stereocenters. The molecule has 6 nitrogen and oxygen atoms in total. The summed E-state index contributed by atoms with van der Waals surface area (Å²) in [5.74, 6) is 0.781. The van der Waals surface area contributed by atoms with Crippen molar-refractivity contribution in [3.63, 3.8) is 0 Å². The molecular formula is C23H16FN5OS. The lowest BCUT2D eigenvalue weighted by atomic mass is 10.2. The maximum Gasteiger partial charge on any atom is 0.258 e. The average molecular weight is 429 g/mol. The second kappa shape index (κ2) is 8.16. The summed E-state index contributed by atoms with van der Waals surface area (Å²) in [6.07, 6.45) is 1.69. The van der Waals surface area contributed by atoms with Gasteiger partial charge in [0.1, 0.15) is 11.5 Å². The minimum Gasteiger partial charge on any atom is -0.270 e. The lowest BCUT2D eigenvalue weighted by molar-refractivity contribution is 0.627. The maximum atomic E-state index is 13.5. The van der Waals surface area contributed by atoms with Gasteiger partial charge in [-0.05, 0) is 36.4 Å². The molecule has 5 rings (SSSR count). The topological polar surface area (TPSA) is 65.1 Å². The molecule has 0 aliphatic rings. The first-order chi connectivity index (χ1) is 15.2. The second-order valence-electron chi connectivity index (χ2n) is 6.79. The summed E-state index contributed by atoms with van der Waals surface area (Å²) in [5, 5.41) is 9.36. The second-order valence-corrected chi connectivity index (χ2v) is 7.73. The zero-order valence-electron chi connectivity index (χ0n) is 16.2. The van der Waals surface area contributed by atoms with E-state index in [0.717, 1.165) is 11.3 Å². The molecule has 31 heavy (non-hydrogen) atoms. The Balaban J connectivity index is 1.53. The van der Waals surface area contributed by atoms with E-state index in [9.17, 15) is 9.18 Å². The van der Waals surface area contributed by atoms with Crippen molar-refractivity contribution in [2.24, 2.45) is 0 Å². The summed E-state index contributed by atoms with van der Waals surface area (Å²) in [5.41, 5.74) is 2.76. The van der Waals surface area contributed by atoms with Crippen LogP contribution in [0.4, 0.5) is 4.39 Å². The Labute approximate surface area is 181 Å². The summed E-state index contributed by atoms with van der Waals surface area (Å²) in [7, 11) is 0. The Kier molecular flexibility index (Phi) is 5.05. The molecule has 2 aromatic carbocycles. The highest BCUT2D eigenvalue weighted by Crippen LogP contribution is 2.29. The molecule has 0 aliphatic carbocycles. The molecule has 0 spiro atoms. The highest BCUT2D eigenvalue weighted by atomic mass is 32.2. The fourth-order valence-corrected chi connectivity index (χ4v) is 4.12. The first kappa shape index (κ1) is 19.2. The van der Waals surface area contributed by atoms with Crippen molar-refractivity contribution in [1.29, 1.82) is 0 Å². The number of pyridine rings is 1. The summed E-state index contributed by atoms with van der Waals surface area (Å²) in [4.78, 5) is 16.9. The van der Waals surface area contributed by atoms with Gasteiger partial charge in [-0.15, -0.1) is 10.2 Å². The van der Waals surface area contributed by atoms with Gasteiger partial charge in [0.15, 0.2) is 11.0 Å². The molecule has 0 fully saturated rings. The van der Waals surface area contributed by atoms with Crippen molar-refractivity contribution in [2.75, 3.05) is 0 Å². The van der Waals surface area contributed by atoms with Crippen LogP contribution >= 0.6 is 11.8 Å². The molecule has 0 bridgehead atoms. The van der Waals surface area contributed by atoms with Gasteiger partial charge < -0.3 is 0 Å². The number of hydrogen-bond acceptors (Lipinski definition) is 5. The highest BCUT2D eigenvalue weighted by molar-refractivity contribution is 7.98. The smallest absolute Gasteiger partial charge is 0.258 e. The van der Waals surface area contributed by atoms with E-state index in [1.165, 1.54) is 34.4 Å². The largest absolute Gasteiger partial charge is 0.270 e. The van der Waals surface area contributed by atoms with Gasteiger partial charge in [-0.3, -0.25) is 13.8 Å². The van der Waals surface area contributed by atoms with Gasteiger partial charge in [0.05, 0.1) is 5.69 Å². The molecule has 0 aliphatic heterocycles. The third-order valence-electron chi connectivity index (χ3n) is 4.72. The Morgan fingerprint density at radius 2 is 1.68 bits per heavy atom. The summed E-state index contributed by atoms with van der Waals surface area (Å²) >= 11 is 1.42. The monoisotopic (exact) mass is 429 g/mol. The van der Waals surface area contributed by atoms with Crippen LogP contribution < -0.4 is 5.56 Å². The lowest BCUT2D eigenvalue weighted by Gasteiger charge is -2.10. The molecule has 152 valence electrons. The molecule has 8 heteroatoms. The molecule has 3 aromatic heterocycles. The first-order valence-electron chi connectivity index (χ1n) is 9.56. The number of rotatable bonds is 5. The van der Waals surface area contributed by atoms with E-state index in [1.54, 1.807) is 30.5 Å². The average Bonchev–Trinajstić information content (AvgIpc) is 3.23. The number of benzene rings is 2. The van der Waals surface area contributed by atoms with Crippen molar-refractivity contribution in [3.8, 4) is 17.1 Å². The molecule has 0 N–H and O–H groups in total. The van der Waals surface area contributed by atoms with Gasteiger partial charge >= 0.3 is 0 Å². The molecular weight excluding hydrogens is 413 g/mol. The fourth-order valence-electron chi connectivity index (χ4n) is 3.28. The number of nitrogens with zero attached hydrogens (tertiary/aromatic N) is 5. The summed E-state index contributed by atoms with van der Waals surface area (Å²) in [6, 6.07) is 22.8. The maximum absolute atomic E-state index is 13.5. The van der Waals surface area contributed by atoms with Gasteiger partial charge in [-0.2, -0.15) is 0 Å². The SMILES string of the molecule is O=c1cc(CSc2nnc(-c3ccccc3)n2-c2ccc(F)cc2)nc2ccccn12. The molecule has 0 atom stereocenters. The van der Waals surface area contributed by atoms with Crippen LogP contribution in [0.5, 0.6) is 0 Å². The van der Waals surface area contributed by atoms with Crippen molar-refractivity contribution in [3.05, 3.63) is 107 Å². The van der Waals surface area contributed by atoms with Gasteiger partial charge in [-0.25, -0.2) is 9.37 Å². The summed E-state index contributed by atoms with van der Waals surface area (Å²) in [6.45, 7) is 0. The molecule has 0 saturated carbocycles. The van der Waals surface area contributed by atoms with Gasteiger partial charge in [0.2, 0.25) is 0 Å². The van der Waals surface area contributed by atoms with Gasteiger partial charge in [0, 0.05) is 29.3 Å². The van der Waals surface area contributed by atoms with Gasteiger partial charge in [0.25, 0.3) is 5.56 Å². The van der Waals surface area contributed by atoms with Crippen molar-refractivity contribution in [1.82, 2.24) is 24.1 Å². The van der Waals surface area contributed by atoms with Crippen LogP contribution in [0.25, 0.3) is 22.7 Å². The first-order valence-corrected chi connectivity index (χ1v) is 10.5. The number of halogens is 1. The van der Waals surface area contributed by atoms with Crippen molar-refractivity contribution >= 4 is 17.4 Å². The van der Waals surface area contributed by atoms with E-state index >= 15 is 0 Å². The van der Waals surface area contributed by atoms with Crippen LogP contribution in [0.1, 0.15) is 5.69 Å². The molecule has 0 saturated heterocycles. The van der Waals surface area contributed by atoms with Crippen molar-refractivity contribution in [2.45, 2.75) is 10.9 Å². The zero-order chi connectivity index (χ0) is 21.2. The normalized spacial score (nSPS) is 11.1. The van der Waals surface area contributed by atoms with Crippen molar-refractivity contribution < 1.29 is 4.39 Å². The van der Waals surface area contributed by atoms with Crippen LogP contribution in [0.15, 0.2) is 95.0 Å². The quantitative estimate of drug-likeness (QED) is 0.388. The van der Waals surface area contributed by atoms with E-state index in [1.807, 2.05) is 41.0 Å². The molecule has 5 aromatic rings. The molecule has 0 amide bonds. The number of aromatic nitrogens is 5. The number of thioether (sulfide) groups is 1. The standard InChI is InChI=1S/C23H16FN5OS/c24-17-9-11-19(12-10-17)29-22(16-6-2-1-3-7-16)26-27-23(29)31-15-18-14-21(30)28-13-5-4-8-20(28)25-18/h1-14H,15H2. The Morgan fingerprint density at radius 3 is 2.48 bits per heavy atom. The molecule has 0 radical (unpaired) electrons. The number of fused-ring (bicyclic) bond motifs is 1. The van der Waals surface area contributed by atoms with E-state index in [-0.39, 0.29) is 11.4 Å². The fraction of sp³-hybridized carbons (Fsp3) is 0.0435. The van der Waals surface area contributed by atoms with E-state index in [4.69, 9.17) is 0 Å². The highest BCUT2D eigenvalue weighted by Gasteiger charge is 2.17. The predicted molar refractivity (Wildman–Crippen MR) is 118 cm³/mol. The van der Waals surface area contributed by atoms with Gasteiger partial charge in [-0.1, -0.05) is 48.2 Å². The number of hydrogen-bond donors (Lipinski definition) is 0.